The number of aliphatic imine (C=N–C) groups is 1. The third kappa shape index (κ3) is 5.60. The number of aromatic nitrogens is 4. The van der Waals surface area contributed by atoms with Crippen molar-refractivity contribution >= 4 is 5.96 Å². The molecular formula is C24H27N7. The van der Waals surface area contributed by atoms with Crippen LogP contribution in [0.5, 0.6) is 0 Å². The zero-order chi connectivity index (χ0) is 21.3. The molecule has 0 unspecified atom stereocenters. The molecule has 7 heteroatoms. The largest absolute Gasteiger partial charge is 0.357 e. The van der Waals surface area contributed by atoms with Crippen LogP contribution in [0.4, 0.5) is 0 Å². The summed E-state index contributed by atoms with van der Waals surface area (Å²) in [7, 11) is 0. The monoisotopic (exact) mass is 413 g/mol. The number of hydrogen-bond acceptors (Lipinski definition) is 3. The minimum atomic E-state index is 0.589. The number of benzene rings is 2. The molecule has 0 saturated carbocycles. The molecule has 2 N–H and O–H groups in total. The van der Waals surface area contributed by atoms with Crippen LogP contribution >= 0.6 is 0 Å². The summed E-state index contributed by atoms with van der Waals surface area (Å²) in [6.45, 7) is 4.78. The second-order valence-corrected chi connectivity index (χ2v) is 7.11. The standard InChI is InChI=1S/C24H27N7/c1-2-25-24(27-18-22-13-16-31(29-22)23-11-4-3-5-12-23)26-17-20-9-6-7-10-21(20)19-30-15-8-14-28-30/h3-16H,2,17-19H2,1H3,(H2,25,26,27). The molecule has 0 amide bonds. The third-order valence-electron chi connectivity index (χ3n) is 4.86. The normalized spacial score (nSPS) is 11.5. The smallest absolute Gasteiger partial charge is 0.191 e. The number of rotatable bonds is 8. The van der Waals surface area contributed by atoms with Crippen molar-refractivity contribution in [3.8, 4) is 5.69 Å². The highest BCUT2D eigenvalue weighted by Gasteiger charge is 2.05. The van der Waals surface area contributed by atoms with Crippen LogP contribution in [0.15, 0.2) is 90.3 Å². The van der Waals surface area contributed by atoms with E-state index in [1.54, 1.807) is 6.20 Å². The summed E-state index contributed by atoms with van der Waals surface area (Å²) >= 11 is 0. The van der Waals surface area contributed by atoms with Crippen molar-refractivity contribution in [3.63, 3.8) is 0 Å². The Labute approximate surface area is 182 Å². The Hall–Kier alpha value is -3.87. The molecule has 31 heavy (non-hydrogen) atoms. The quantitative estimate of drug-likeness (QED) is 0.343. The average Bonchev–Trinajstić information content (AvgIpc) is 3.49. The molecule has 0 aliphatic heterocycles. The first kappa shape index (κ1) is 20.4. The van der Waals surface area contributed by atoms with Gasteiger partial charge in [0, 0.05) is 25.1 Å². The van der Waals surface area contributed by atoms with Gasteiger partial charge in [0.15, 0.2) is 5.96 Å². The number of nitrogens with one attached hydrogen (secondary N) is 2. The topological polar surface area (TPSA) is 72.1 Å². The van der Waals surface area contributed by atoms with Crippen LogP contribution in [0, 0.1) is 0 Å². The lowest BCUT2D eigenvalue weighted by molar-refractivity contribution is 0.680. The lowest BCUT2D eigenvalue weighted by Gasteiger charge is -2.12. The van der Waals surface area contributed by atoms with Gasteiger partial charge in [-0.25, -0.2) is 9.67 Å². The fourth-order valence-electron chi connectivity index (χ4n) is 3.30. The van der Waals surface area contributed by atoms with Gasteiger partial charge in [0.2, 0.25) is 0 Å². The average molecular weight is 414 g/mol. The van der Waals surface area contributed by atoms with Crippen LogP contribution in [-0.2, 0) is 19.6 Å². The molecule has 0 bridgehead atoms. The van der Waals surface area contributed by atoms with Gasteiger partial charge in [-0.05, 0) is 42.3 Å². The van der Waals surface area contributed by atoms with Crippen molar-refractivity contribution in [2.45, 2.75) is 26.6 Å². The predicted molar refractivity (Wildman–Crippen MR) is 123 cm³/mol. The number of nitrogens with zero attached hydrogens (tertiary/aromatic N) is 5. The summed E-state index contributed by atoms with van der Waals surface area (Å²) < 4.78 is 3.81. The molecule has 4 aromatic rings. The molecule has 0 spiro atoms. The molecule has 0 radical (unpaired) electrons. The van der Waals surface area contributed by atoms with E-state index >= 15 is 0 Å². The van der Waals surface area contributed by atoms with Crippen LogP contribution in [0.3, 0.4) is 0 Å². The van der Waals surface area contributed by atoms with Gasteiger partial charge >= 0.3 is 0 Å². The maximum atomic E-state index is 4.78. The van der Waals surface area contributed by atoms with Gasteiger partial charge in [-0.1, -0.05) is 42.5 Å². The summed E-state index contributed by atoms with van der Waals surface area (Å²) in [4.78, 5) is 4.78. The molecule has 0 saturated heterocycles. The van der Waals surface area contributed by atoms with E-state index in [1.165, 1.54) is 11.1 Å². The molecule has 2 aromatic heterocycles. The van der Waals surface area contributed by atoms with Crippen molar-refractivity contribution in [1.82, 2.24) is 30.2 Å². The summed E-state index contributed by atoms with van der Waals surface area (Å²) in [5.74, 6) is 0.769. The van der Waals surface area contributed by atoms with E-state index in [4.69, 9.17) is 4.99 Å². The first-order valence-corrected chi connectivity index (χ1v) is 10.5. The lowest BCUT2D eigenvalue weighted by Crippen LogP contribution is -2.37. The van der Waals surface area contributed by atoms with Crippen molar-refractivity contribution < 1.29 is 0 Å². The molecule has 2 heterocycles. The first-order valence-electron chi connectivity index (χ1n) is 10.5. The summed E-state index contributed by atoms with van der Waals surface area (Å²) in [5, 5.41) is 15.7. The zero-order valence-corrected chi connectivity index (χ0v) is 17.6. The Morgan fingerprint density at radius 1 is 0.903 bits per heavy atom. The second kappa shape index (κ2) is 10.2. The minimum Gasteiger partial charge on any atom is -0.357 e. The fourth-order valence-corrected chi connectivity index (χ4v) is 3.30. The van der Waals surface area contributed by atoms with Gasteiger partial charge in [0.25, 0.3) is 0 Å². The SMILES string of the molecule is CCNC(=NCc1ccccc1Cn1cccn1)NCc1ccn(-c2ccccc2)n1. The van der Waals surface area contributed by atoms with Gasteiger partial charge in [0.05, 0.1) is 31.0 Å². The highest BCUT2D eigenvalue weighted by Crippen LogP contribution is 2.12. The summed E-state index contributed by atoms with van der Waals surface area (Å²) in [6, 6.07) is 22.4. The van der Waals surface area contributed by atoms with Gasteiger partial charge in [0.1, 0.15) is 0 Å². The van der Waals surface area contributed by atoms with Crippen molar-refractivity contribution in [2.75, 3.05) is 6.54 Å². The number of para-hydroxylation sites is 1. The van der Waals surface area contributed by atoms with Crippen LogP contribution in [0.1, 0.15) is 23.7 Å². The van der Waals surface area contributed by atoms with Crippen LogP contribution in [0.2, 0.25) is 0 Å². The van der Waals surface area contributed by atoms with E-state index in [-0.39, 0.29) is 0 Å². The van der Waals surface area contributed by atoms with Crippen LogP contribution in [0.25, 0.3) is 5.69 Å². The molecule has 0 atom stereocenters. The molecule has 0 aliphatic carbocycles. The Bertz CT molecular complexity index is 1100. The summed E-state index contributed by atoms with van der Waals surface area (Å²) in [5.41, 5.74) is 4.40. The van der Waals surface area contributed by atoms with Gasteiger partial charge in [-0.15, -0.1) is 0 Å². The van der Waals surface area contributed by atoms with E-state index < -0.39 is 0 Å². The van der Waals surface area contributed by atoms with Crippen molar-refractivity contribution in [2.24, 2.45) is 4.99 Å². The number of hydrogen-bond donors (Lipinski definition) is 2. The van der Waals surface area contributed by atoms with Gasteiger partial charge < -0.3 is 10.6 Å². The molecule has 7 nitrogen and oxygen atoms in total. The summed E-state index contributed by atoms with van der Waals surface area (Å²) in [6.07, 6.45) is 5.75. The fraction of sp³-hybridized carbons (Fsp3) is 0.208. The van der Waals surface area contributed by atoms with Crippen LogP contribution < -0.4 is 10.6 Å². The van der Waals surface area contributed by atoms with Gasteiger partial charge in [-0.2, -0.15) is 10.2 Å². The third-order valence-corrected chi connectivity index (χ3v) is 4.86. The molecular weight excluding hydrogens is 386 g/mol. The lowest BCUT2D eigenvalue weighted by atomic mass is 10.1. The van der Waals surface area contributed by atoms with E-state index in [1.807, 2.05) is 70.3 Å². The van der Waals surface area contributed by atoms with Gasteiger partial charge in [-0.3, -0.25) is 4.68 Å². The van der Waals surface area contributed by atoms with E-state index in [9.17, 15) is 0 Å². The Balaban J connectivity index is 1.41. The Morgan fingerprint density at radius 2 is 1.71 bits per heavy atom. The number of guanidine groups is 1. The Kier molecular flexibility index (Phi) is 6.74. The van der Waals surface area contributed by atoms with Crippen LogP contribution in [-0.4, -0.2) is 32.1 Å². The molecule has 2 aromatic carbocycles. The molecule has 158 valence electrons. The van der Waals surface area contributed by atoms with Crippen molar-refractivity contribution in [3.05, 3.63) is 102 Å². The maximum absolute atomic E-state index is 4.78. The molecule has 4 rings (SSSR count). The van der Waals surface area contributed by atoms with Crippen molar-refractivity contribution in [1.29, 1.82) is 0 Å². The second-order valence-electron chi connectivity index (χ2n) is 7.11. The highest BCUT2D eigenvalue weighted by atomic mass is 15.3. The van der Waals surface area contributed by atoms with E-state index in [2.05, 4.69) is 46.0 Å². The molecule has 0 aliphatic rings. The predicted octanol–water partition coefficient (Wildman–Crippen LogP) is 3.37. The molecule has 0 fully saturated rings. The Morgan fingerprint density at radius 3 is 2.48 bits per heavy atom. The highest BCUT2D eigenvalue weighted by molar-refractivity contribution is 5.79. The van der Waals surface area contributed by atoms with E-state index in [0.717, 1.165) is 30.4 Å². The minimum absolute atomic E-state index is 0.589. The zero-order valence-electron chi connectivity index (χ0n) is 17.6. The van der Waals surface area contributed by atoms with E-state index in [0.29, 0.717) is 13.1 Å². The first-order chi connectivity index (χ1) is 15.3. The maximum Gasteiger partial charge on any atom is 0.191 e.